The van der Waals surface area contributed by atoms with E-state index in [4.69, 9.17) is 4.43 Å². The topological polar surface area (TPSA) is 26.3 Å². The van der Waals surface area contributed by atoms with E-state index in [9.17, 15) is 9.18 Å². The molecule has 4 heteroatoms. The number of aldehydes is 1. The minimum Gasteiger partial charge on any atom is -0.401 e. The Labute approximate surface area is 163 Å². The summed E-state index contributed by atoms with van der Waals surface area (Å²) in [7, 11) is -2.69. The van der Waals surface area contributed by atoms with Crippen LogP contribution in [0.15, 0.2) is 72.3 Å². The Morgan fingerprint density at radius 1 is 1.00 bits per heavy atom. The van der Waals surface area contributed by atoms with Crippen LogP contribution in [0.1, 0.15) is 34.6 Å². The first-order valence-corrected chi connectivity index (χ1v) is 11.2. The van der Waals surface area contributed by atoms with Gasteiger partial charge in [-0.25, -0.2) is 4.39 Å². The summed E-state index contributed by atoms with van der Waals surface area (Å²) < 4.78 is 20.4. The summed E-state index contributed by atoms with van der Waals surface area (Å²) in [6, 6.07) is 20.6. The molecule has 0 amide bonds. The normalized spacial score (nSPS) is 15.3. The highest BCUT2D eigenvalue weighted by Crippen LogP contribution is 2.38. The van der Waals surface area contributed by atoms with Gasteiger partial charge in [0.15, 0.2) is 12.5 Å². The highest BCUT2D eigenvalue weighted by Gasteiger charge is 2.51. The maximum Gasteiger partial charge on any atom is 0.261 e. The third-order valence-corrected chi connectivity index (χ3v) is 10.1. The van der Waals surface area contributed by atoms with E-state index >= 15 is 0 Å². The van der Waals surface area contributed by atoms with Gasteiger partial charge in [-0.2, -0.15) is 0 Å². The number of carbonyl (C=O) groups is 1. The van der Waals surface area contributed by atoms with Crippen molar-refractivity contribution >= 4 is 25.0 Å². The van der Waals surface area contributed by atoms with Gasteiger partial charge >= 0.3 is 0 Å². The first-order valence-electron chi connectivity index (χ1n) is 9.29. The number of benzene rings is 2. The van der Waals surface area contributed by atoms with E-state index in [0.29, 0.717) is 6.29 Å². The van der Waals surface area contributed by atoms with Crippen LogP contribution in [0.3, 0.4) is 0 Å². The van der Waals surface area contributed by atoms with Crippen LogP contribution >= 0.6 is 0 Å². The molecule has 2 atom stereocenters. The summed E-state index contributed by atoms with van der Waals surface area (Å²) in [6.45, 7) is 10.4. The van der Waals surface area contributed by atoms with Crippen LogP contribution in [0.2, 0.25) is 5.04 Å². The summed E-state index contributed by atoms with van der Waals surface area (Å²) in [5, 5.41) is 2.20. The molecule has 2 aromatic carbocycles. The van der Waals surface area contributed by atoms with Crippen molar-refractivity contribution in [3.8, 4) is 0 Å². The molecule has 0 aromatic heterocycles. The van der Waals surface area contributed by atoms with Gasteiger partial charge in [0.1, 0.15) is 0 Å². The summed E-state index contributed by atoms with van der Waals surface area (Å²) in [5.74, 6) is 0. The van der Waals surface area contributed by atoms with Crippen molar-refractivity contribution in [1.29, 1.82) is 0 Å². The molecule has 27 heavy (non-hydrogen) atoms. The smallest absolute Gasteiger partial charge is 0.261 e. The highest BCUT2D eigenvalue weighted by atomic mass is 28.4. The van der Waals surface area contributed by atoms with E-state index in [0.717, 1.165) is 5.57 Å². The lowest BCUT2D eigenvalue weighted by atomic mass is 10.1. The van der Waals surface area contributed by atoms with Crippen LogP contribution in [-0.2, 0) is 9.22 Å². The van der Waals surface area contributed by atoms with E-state index in [1.54, 1.807) is 0 Å². The molecular weight excluding hydrogens is 355 g/mol. The molecular formula is C23H29FO2Si. The third kappa shape index (κ3) is 4.63. The molecule has 2 rings (SSSR count). The molecule has 0 heterocycles. The molecule has 144 valence electrons. The van der Waals surface area contributed by atoms with Gasteiger partial charge in [-0.1, -0.05) is 81.4 Å². The fraction of sp³-hybridized carbons (Fsp3) is 0.348. The van der Waals surface area contributed by atoms with Crippen molar-refractivity contribution in [3.05, 3.63) is 72.3 Å². The first kappa shape index (κ1) is 21.3. The van der Waals surface area contributed by atoms with Crippen LogP contribution in [-0.4, -0.2) is 26.9 Å². The van der Waals surface area contributed by atoms with Crippen LogP contribution < -0.4 is 10.4 Å². The summed E-state index contributed by atoms with van der Waals surface area (Å²) in [5.41, 5.74) is 0.725. The molecule has 0 aliphatic heterocycles. The Hall–Kier alpha value is -2.04. The molecule has 0 bridgehead atoms. The van der Waals surface area contributed by atoms with Crippen molar-refractivity contribution in [3.63, 3.8) is 0 Å². The maximum atomic E-state index is 13.6. The number of allylic oxidation sites excluding steroid dienone is 1. The lowest BCUT2D eigenvalue weighted by Crippen LogP contribution is -2.67. The van der Waals surface area contributed by atoms with Crippen molar-refractivity contribution in [1.82, 2.24) is 0 Å². The SMILES string of the molecule is CC(=CC(F)C=O)[C@H](C)O[Si](c1ccccc1)(c1ccccc1)C(C)(C)C. The number of halogens is 1. The van der Waals surface area contributed by atoms with E-state index < -0.39 is 14.5 Å². The zero-order valence-corrected chi connectivity index (χ0v) is 17.8. The average molecular weight is 385 g/mol. The molecule has 0 aliphatic rings. The Morgan fingerprint density at radius 3 is 1.81 bits per heavy atom. The van der Waals surface area contributed by atoms with E-state index in [1.165, 1.54) is 16.4 Å². The van der Waals surface area contributed by atoms with Gasteiger partial charge < -0.3 is 4.43 Å². The van der Waals surface area contributed by atoms with Crippen molar-refractivity contribution in [2.75, 3.05) is 0 Å². The summed E-state index contributed by atoms with van der Waals surface area (Å²) in [4.78, 5) is 10.7. The molecule has 1 unspecified atom stereocenters. The summed E-state index contributed by atoms with van der Waals surface area (Å²) in [6.07, 6.45) is -0.265. The maximum absolute atomic E-state index is 13.6. The van der Waals surface area contributed by atoms with E-state index in [2.05, 4.69) is 45.0 Å². The minimum absolute atomic E-state index is 0.149. The van der Waals surface area contributed by atoms with Gasteiger partial charge in [0.2, 0.25) is 0 Å². The Kier molecular flexibility index (Phi) is 6.90. The summed E-state index contributed by atoms with van der Waals surface area (Å²) >= 11 is 0. The molecule has 0 spiro atoms. The van der Waals surface area contributed by atoms with E-state index in [1.807, 2.05) is 50.2 Å². The van der Waals surface area contributed by atoms with Crippen molar-refractivity contribution in [2.24, 2.45) is 0 Å². The Balaban J connectivity index is 2.63. The largest absolute Gasteiger partial charge is 0.401 e. The van der Waals surface area contributed by atoms with Crippen molar-refractivity contribution in [2.45, 2.75) is 51.9 Å². The van der Waals surface area contributed by atoms with Gasteiger partial charge in [-0.3, -0.25) is 4.79 Å². The van der Waals surface area contributed by atoms with Crippen LogP contribution in [0, 0.1) is 0 Å². The van der Waals surface area contributed by atoms with Gasteiger partial charge in [-0.15, -0.1) is 0 Å². The number of hydrogen-bond acceptors (Lipinski definition) is 2. The molecule has 0 saturated heterocycles. The van der Waals surface area contributed by atoms with Gasteiger partial charge in [0.05, 0.1) is 6.10 Å². The second-order valence-corrected chi connectivity index (χ2v) is 12.2. The monoisotopic (exact) mass is 384 g/mol. The van der Waals surface area contributed by atoms with E-state index in [-0.39, 0.29) is 11.1 Å². The molecule has 2 aromatic rings. The highest BCUT2D eigenvalue weighted by molar-refractivity contribution is 6.99. The second-order valence-electron chi connectivity index (χ2n) is 7.91. The molecule has 0 saturated carbocycles. The first-order chi connectivity index (χ1) is 12.7. The minimum atomic E-state index is -2.69. The number of alkyl halides is 1. The predicted octanol–water partition coefficient (Wildman–Crippen LogP) is 4.43. The van der Waals surface area contributed by atoms with Crippen LogP contribution in [0.5, 0.6) is 0 Å². The van der Waals surface area contributed by atoms with Crippen LogP contribution in [0.4, 0.5) is 4.39 Å². The Bertz CT molecular complexity index is 726. The molecule has 0 aliphatic carbocycles. The quantitative estimate of drug-likeness (QED) is 0.401. The Morgan fingerprint density at radius 2 is 1.44 bits per heavy atom. The van der Waals surface area contributed by atoms with Gasteiger partial charge in [0, 0.05) is 0 Å². The fourth-order valence-corrected chi connectivity index (χ4v) is 8.21. The fourth-order valence-electron chi connectivity index (χ4n) is 3.48. The number of rotatable bonds is 7. The molecule has 0 fully saturated rings. The molecule has 0 N–H and O–H groups in total. The predicted molar refractivity (Wildman–Crippen MR) is 113 cm³/mol. The second kappa shape index (κ2) is 8.76. The zero-order chi connectivity index (χ0) is 20.1. The van der Waals surface area contributed by atoms with Crippen molar-refractivity contribution < 1.29 is 13.6 Å². The van der Waals surface area contributed by atoms with Gasteiger partial charge in [-0.05, 0) is 40.9 Å². The molecule has 0 radical (unpaired) electrons. The number of carbonyl (C=O) groups excluding carboxylic acids is 1. The standard InChI is InChI=1S/C23H29FO2Si/c1-18(16-20(24)17-25)19(2)26-27(23(3,4)5,21-12-8-6-9-13-21)22-14-10-7-11-15-22/h6-17,19-20H,1-5H3/t19-,20?/m0/s1. The zero-order valence-electron chi connectivity index (χ0n) is 16.8. The van der Waals surface area contributed by atoms with Crippen LogP contribution in [0.25, 0.3) is 0 Å². The number of hydrogen-bond donors (Lipinski definition) is 0. The average Bonchev–Trinajstić information content (AvgIpc) is 2.66. The third-order valence-electron chi connectivity index (χ3n) is 4.96. The lowest BCUT2D eigenvalue weighted by molar-refractivity contribution is -0.110. The molecule has 2 nitrogen and oxygen atoms in total. The van der Waals surface area contributed by atoms with Gasteiger partial charge in [0.25, 0.3) is 8.32 Å². The lowest BCUT2D eigenvalue weighted by Gasteiger charge is -2.45.